The summed E-state index contributed by atoms with van der Waals surface area (Å²) in [7, 11) is 1.64. The van der Waals surface area contributed by atoms with Crippen molar-refractivity contribution >= 4 is 6.03 Å². The van der Waals surface area contributed by atoms with E-state index in [1.165, 1.54) is 0 Å². The second-order valence-corrected chi connectivity index (χ2v) is 5.93. The van der Waals surface area contributed by atoms with Crippen LogP contribution in [0.1, 0.15) is 26.1 Å². The van der Waals surface area contributed by atoms with Gasteiger partial charge in [0, 0.05) is 45.6 Å². The average Bonchev–Trinajstić information content (AvgIpc) is 2.90. The molecule has 0 saturated heterocycles. The Morgan fingerprint density at radius 1 is 1.55 bits per heavy atom. The third-order valence-corrected chi connectivity index (χ3v) is 3.81. The van der Waals surface area contributed by atoms with E-state index in [-0.39, 0.29) is 11.6 Å². The molecule has 2 heterocycles. The fourth-order valence-electron chi connectivity index (χ4n) is 2.27. The molecule has 0 aliphatic carbocycles. The van der Waals surface area contributed by atoms with Gasteiger partial charge in [-0.2, -0.15) is 0 Å². The number of carbonyl (C=O) groups excluding carboxylic acids is 1. The van der Waals surface area contributed by atoms with Crippen molar-refractivity contribution in [2.75, 3.05) is 20.2 Å². The van der Waals surface area contributed by atoms with Crippen molar-refractivity contribution < 1.29 is 9.53 Å². The zero-order valence-electron chi connectivity index (χ0n) is 12.5. The van der Waals surface area contributed by atoms with Gasteiger partial charge in [0.05, 0.1) is 5.60 Å². The predicted molar refractivity (Wildman–Crippen MR) is 76.5 cm³/mol. The van der Waals surface area contributed by atoms with Gasteiger partial charge in [0.15, 0.2) is 0 Å². The fraction of sp³-hybridized carbons (Fsp3) is 0.714. The van der Waals surface area contributed by atoms with Crippen molar-refractivity contribution in [3.05, 3.63) is 18.2 Å². The number of hydrogen-bond acceptors (Lipinski definition) is 3. The second kappa shape index (κ2) is 6.26. The van der Waals surface area contributed by atoms with Gasteiger partial charge in [0.2, 0.25) is 0 Å². The minimum atomic E-state index is -0.339. The van der Waals surface area contributed by atoms with Crippen LogP contribution in [0.4, 0.5) is 4.79 Å². The molecule has 6 nitrogen and oxygen atoms in total. The van der Waals surface area contributed by atoms with Crippen LogP contribution < -0.4 is 10.6 Å². The van der Waals surface area contributed by atoms with Crippen LogP contribution in [-0.2, 0) is 17.7 Å². The van der Waals surface area contributed by atoms with Gasteiger partial charge in [0.1, 0.15) is 5.82 Å². The number of fused-ring (bicyclic) bond motifs is 1. The van der Waals surface area contributed by atoms with Gasteiger partial charge in [-0.1, -0.05) is 0 Å². The topological polar surface area (TPSA) is 68.2 Å². The normalized spacial score (nSPS) is 18.4. The maximum absolute atomic E-state index is 11.7. The molecule has 0 saturated carbocycles. The molecule has 20 heavy (non-hydrogen) atoms. The molecule has 2 rings (SSSR count). The number of amides is 2. The molecule has 2 amide bonds. The second-order valence-electron chi connectivity index (χ2n) is 5.93. The van der Waals surface area contributed by atoms with E-state index in [4.69, 9.17) is 4.74 Å². The van der Waals surface area contributed by atoms with Crippen LogP contribution in [0.2, 0.25) is 0 Å². The van der Waals surface area contributed by atoms with Gasteiger partial charge in [0.25, 0.3) is 0 Å². The Hall–Kier alpha value is -1.56. The molecule has 112 valence electrons. The van der Waals surface area contributed by atoms with Crippen LogP contribution >= 0.6 is 0 Å². The lowest BCUT2D eigenvalue weighted by atomic mass is 9.99. The molecule has 1 aromatic rings. The number of nitrogens with one attached hydrogen (secondary N) is 2. The van der Waals surface area contributed by atoms with E-state index in [1.807, 2.05) is 26.2 Å². The van der Waals surface area contributed by atoms with Crippen molar-refractivity contribution in [1.82, 2.24) is 20.2 Å². The number of methoxy groups -OCH3 is 1. The highest BCUT2D eigenvalue weighted by atomic mass is 16.5. The summed E-state index contributed by atoms with van der Waals surface area (Å²) in [5.41, 5.74) is -0.339. The highest BCUT2D eigenvalue weighted by Gasteiger charge is 2.20. The van der Waals surface area contributed by atoms with Gasteiger partial charge in [-0.05, 0) is 26.2 Å². The minimum Gasteiger partial charge on any atom is -0.377 e. The molecule has 1 aromatic heterocycles. The van der Waals surface area contributed by atoms with E-state index in [0.29, 0.717) is 19.0 Å². The van der Waals surface area contributed by atoms with Crippen LogP contribution in [0.5, 0.6) is 0 Å². The SMILES string of the molecule is COC(C)(C)CNC(=O)NCC1CCc2nccn2C1. The van der Waals surface area contributed by atoms with Crippen LogP contribution in [0.15, 0.2) is 12.4 Å². The van der Waals surface area contributed by atoms with Gasteiger partial charge < -0.3 is 19.9 Å². The lowest BCUT2D eigenvalue weighted by Crippen LogP contribution is -2.45. The largest absolute Gasteiger partial charge is 0.377 e. The number of aryl methyl sites for hydroxylation is 1. The quantitative estimate of drug-likeness (QED) is 0.850. The fourth-order valence-corrected chi connectivity index (χ4v) is 2.27. The van der Waals surface area contributed by atoms with Crippen molar-refractivity contribution in [1.29, 1.82) is 0 Å². The summed E-state index contributed by atoms with van der Waals surface area (Å²) in [5, 5.41) is 5.77. The smallest absolute Gasteiger partial charge is 0.314 e. The minimum absolute atomic E-state index is 0.133. The highest BCUT2D eigenvalue weighted by Crippen LogP contribution is 2.17. The molecule has 0 radical (unpaired) electrons. The van der Waals surface area contributed by atoms with E-state index in [2.05, 4.69) is 20.2 Å². The van der Waals surface area contributed by atoms with Crippen molar-refractivity contribution in [2.45, 2.75) is 38.8 Å². The zero-order valence-corrected chi connectivity index (χ0v) is 12.5. The summed E-state index contributed by atoms with van der Waals surface area (Å²) in [4.78, 5) is 16.0. The molecule has 1 aliphatic heterocycles. The maximum Gasteiger partial charge on any atom is 0.314 e. The van der Waals surface area contributed by atoms with Gasteiger partial charge in [-0.3, -0.25) is 0 Å². The summed E-state index contributed by atoms with van der Waals surface area (Å²) in [6.07, 6.45) is 5.89. The monoisotopic (exact) mass is 280 g/mol. The summed E-state index contributed by atoms with van der Waals surface area (Å²) in [5.74, 6) is 1.62. The number of urea groups is 1. The first kappa shape index (κ1) is 14.8. The number of imidazole rings is 1. The molecule has 1 aliphatic rings. The zero-order chi connectivity index (χ0) is 14.6. The first-order valence-electron chi connectivity index (χ1n) is 7.07. The van der Waals surface area contributed by atoms with Gasteiger partial charge in [-0.25, -0.2) is 9.78 Å². The lowest BCUT2D eigenvalue weighted by molar-refractivity contribution is 0.0253. The summed E-state index contributed by atoms with van der Waals surface area (Å²) in [6.45, 7) is 5.99. The molecule has 2 N–H and O–H groups in total. The summed E-state index contributed by atoms with van der Waals surface area (Å²) in [6, 6.07) is -0.133. The van der Waals surface area contributed by atoms with Crippen LogP contribution in [0.3, 0.4) is 0 Å². The van der Waals surface area contributed by atoms with Crippen molar-refractivity contribution in [3.63, 3.8) is 0 Å². The molecule has 0 aromatic carbocycles. The first-order chi connectivity index (χ1) is 9.50. The summed E-state index contributed by atoms with van der Waals surface area (Å²) < 4.78 is 7.43. The Morgan fingerprint density at radius 3 is 3.10 bits per heavy atom. The molecular weight excluding hydrogens is 256 g/mol. The van der Waals surface area contributed by atoms with E-state index >= 15 is 0 Å². The number of ether oxygens (including phenoxy) is 1. The van der Waals surface area contributed by atoms with Crippen LogP contribution in [0.25, 0.3) is 0 Å². The summed E-state index contributed by atoms with van der Waals surface area (Å²) >= 11 is 0. The Bertz CT molecular complexity index is 456. The molecule has 0 fully saturated rings. The number of hydrogen-bond donors (Lipinski definition) is 2. The lowest BCUT2D eigenvalue weighted by Gasteiger charge is -2.25. The molecule has 1 unspecified atom stereocenters. The molecule has 0 bridgehead atoms. The van der Waals surface area contributed by atoms with Crippen molar-refractivity contribution in [2.24, 2.45) is 5.92 Å². The third-order valence-electron chi connectivity index (χ3n) is 3.81. The first-order valence-corrected chi connectivity index (χ1v) is 7.07. The van der Waals surface area contributed by atoms with Gasteiger partial charge >= 0.3 is 6.03 Å². The van der Waals surface area contributed by atoms with E-state index < -0.39 is 0 Å². The van der Waals surface area contributed by atoms with Gasteiger partial charge in [-0.15, -0.1) is 0 Å². The molecule has 1 atom stereocenters. The highest BCUT2D eigenvalue weighted by molar-refractivity contribution is 5.73. The van der Waals surface area contributed by atoms with Crippen LogP contribution in [0, 0.1) is 5.92 Å². The van der Waals surface area contributed by atoms with Crippen molar-refractivity contribution in [3.8, 4) is 0 Å². The van der Waals surface area contributed by atoms with E-state index in [1.54, 1.807) is 7.11 Å². The number of aromatic nitrogens is 2. The van der Waals surface area contributed by atoms with Crippen LogP contribution in [-0.4, -0.2) is 41.4 Å². The van der Waals surface area contributed by atoms with E-state index in [0.717, 1.165) is 25.2 Å². The average molecular weight is 280 g/mol. The Kier molecular flexibility index (Phi) is 4.65. The Balaban J connectivity index is 1.70. The number of nitrogens with zero attached hydrogens (tertiary/aromatic N) is 2. The Labute approximate surface area is 119 Å². The third kappa shape index (κ3) is 3.96. The molecule has 6 heteroatoms. The Morgan fingerprint density at radius 2 is 2.35 bits per heavy atom. The van der Waals surface area contributed by atoms with E-state index in [9.17, 15) is 4.79 Å². The predicted octanol–water partition coefficient (Wildman–Crippen LogP) is 1.17. The standard InChI is InChI=1S/C14H24N4O2/c1-14(2,20-3)10-17-13(19)16-8-11-4-5-12-15-6-7-18(12)9-11/h6-7,11H,4-5,8-10H2,1-3H3,(H2,16,17,19). The molecular formula is C14H24N4O2. The molecule has 0 spiro atoms. The number of carbonyl (C=O) groups is 1. The maximum atomic E-state index is 11.7. The number of rotatable bonds is 5.